The van der Waals surface area contributed by atoms with Crippen LogP contribution >= 0.6 is 0 Å². The van der Waals surface area contributed by atoms with Crippen LogP contribution in [0, 0.1) is 0 Å². The molecular weight excluding hydrogens is 206 g/mol. The molecule has 0 N–H and O–H groups in total. The largest absolute Gasteiger partial charge is 0.448 e. The molecule has 2 rings (SSSR count). The Kier molecular flexibility index (Phi) is 2.38. The van der Waals surface area contributed by atoms with Gasteiger partial charge in [-0.05, 0) is 12.8 Å². The van der Waals surface area contributed by atoms with Crippen molar-refractivity contribution in [3.63, 3.8) is 0 Å². The van der Waals surface area contributed by atoms with Gasteiger partial charge in [-0.3, -0.25) is 0 Å². The normalized spacial score (nSPS) is 27.7. The number of hydrogen-bond acceptors (Lipinski definition) is 4. The number of nitrogens with zero attached hydrogens (tertiary/aromatic N) is 1. The van der Waals surface area contributed by atoms with E-state index in [0.717, 1.165) is 0 Å². The predicted molar refractivity (Wildman–Crippen MR) is 49.7 cm³/mol. The molecule has 0 bridgehead atoms. The lowest BCUT2D eigenvalue weighted by Crippen LogP contribution is -2.41. The van der Waals surface area contributed by atoms with Crippen LogP contribution in [-0.2, 0) is 14.6 Å². The molecule has 0 aliphatic carbocycles. The first-order chi connectivity index (χ1) is 6.58. The van der Waals surface area contributed by atoms with Crippen molar-refractivity contribution in [3.8, 4) is 0 Å². The Balaban J connectivity index is 1.98. The predicted octanol–water partition coefficient (Wildman–Crippen LogP) is 0.0158. The fourth-order valence-electron chi connectivity index (χ4n) is 1.93. The third-order valence-electron chi connectivity index (χ3n) is 2.76. The van der Waals surface area contributed by atoms with Crippen LogP contribution in [0.3, 0.4) is 0 Å². The molecule has 0 atom stereocenters. The quantitative estimate of drug-likeness (QED) is 0.623. The van der Waals surface area contributed by atoms with Crippen molar-refractivity contribution in [2.75, 3.05) is 24.7 Å². The Bertz CT molecular complexity index is 323. The van der Waals surface area contributed by atoms with Gasteiger partial charge in [-0.2, -0.15) is 0 Å². The number of rotatable bonds is 1. The van der Waals surface area contributed by atoms with Crippen molar-refractivity contribution < 1.29 is 17.9 Å². The van der Waals surface area contributed by atoms with Crippen molar-refractivity contribution in [1.29, 1.82) is 0 Å². The summed E-state index contributed by atoms with van der Waals surface area (Å²) >= 11 is 0. The van der Waals surface area contributed by atoms with E-state index in [4.69, 9.17) is 4.74 Å². The Morgan fingerprint density at radius 2 is 1.93 bits per heavy atom. The highest BCUT2D eigenvalue weighted by Crippen LogP contribution is 2.20. The lowest BCUT2D eigenvalue weighted by molar-refractivity contribution is 0.145. The number of ether oxygens (including phenoxy) is 1. The Labute approximate surface area is 82.9 Å². The maximum absolute atomic E-state index is 11.2. The van der Waals surface area contributed by atoms with E-state index in [1.54, 1.807) is 4.90 Å². The summed E-state index contributed by atoms with van der Waals surface area (Å²) < 4.78 is 27.1. The van der Waals surface area contributed by atoms with Gasteiger partial charge in [0.15, 0.2) is 0 Å². The molecule has 14 heavy (non-hydrogen) atoms. The van der Waals surface area contributed by atoms with Gasteiger partial charge >= 0.3 is 6.09 Å². The molecule has 6 heteroatoms. The van der Waals surface area contributed by atoms with Gasteiger partial charge in [0.2, 0.25) is 0 Å². The van der Waals surface area contributed by atoms with Gasteiger partial charge in [0.05, 0.1) is 18.1 Å². The molecule has 0 unspecified atom stereocenters. The molecule has 5 nitrogen and oxygen atoms in total. The van der Waals surface area contributed by atoms with Crippen LogP contribution in [0.25, 0.3) is 0 Å². The Hall–Kier alpha value is -0.780. The highest BCUT2D eigenvalue weighted by molar-refractivity contribution is 7.91. The summed E-state index contributed by atoms with van der Waals surface area (Å²) in [4.78, 5) is 12.8. The van der Waals surface area contributed by atoms with Gasteiger partial charge in [-0.25, -0.2) is 13.2 Å². The van der Waals surface area contributed by atoms with E-state index in [0.29, 0.717) is 26.0 Å². The van der Waals surface area contributed by atoms with Crippen molar-refractivity contribution in [2.45, 2.75) is 18.9 Å². The molecule has 2 fully saturated rings. The SMILES string of the molecule is O=C1OCCN1C1CCS(=O)(=O)CC1. The number of sulfone groups is 1. The molecule has 0 spiro atoms. The summed E-state index contributed by atoms with van der Waals surface area (Å²) in [5.74, 6) is 0.392. The monoisotopic (exact) mass is 219 g/mol. The second-order valence-electron chi connectivity index (χ2n) is 3.69. The van der Waals surface area contributed by atoms with E-state index in [1.165, 1.54) is 0 Å². The molecular formula is C8H13NO4S. The fraction of sp³-hybridized carbons (Fsp3) is 0.875. The molecule has 2 aliphatic heterocycles. The number of cyclic esters (lactones) is 1. The summed E-state index contributed by atoms with van der Waals surface area (Å²) in [7, 11) is -2.84. The number of amides is 1. The van der Waals surface area contributed by atoms with Gasteiger partial charge in [-0.15, -0.1) is 0 Å². The lowest BCUT2D eigenvalue weighted by atomic mass is 10.1. The molecule has 1 amide bonds. The smallest absolute Gasteiger partial charge is 0.410 e. The zero-order valence-electron chi connectivity index (χ0n) is 7.81. The van der Waals surface area contributed by atoms with Gasteiger partial charge in [0.25, 0.3) is 0 Å². The maximum Gasteiger partial charge on any atom is 0.410 e. The fourth-order valence-corrected chi connectivity index (χ4v) is 3.39. The van der Waals surface area contributed by atoms with E-state index in [9.17, 15) is 13.2 Å². The van der Waals surface area contributed by atoms with E-state index >= 15 is 0 Å². The van der Waals surface area contributed by atoms with Crippen LogP contribution in [0.15, 0.2) is 0 Å². The van der Waals surface area contributed by atoms with Crippen LogP contribution in [-0.4, -0.2) is 50.1 Å². The van der Waals surface area contributed by atoms with E-state index < -0.39 is 9.84 Å². The highest BCUT2D eigenvalue weighted by atomic mass is 32.2. The van der Waals surface area contributed by atoms with Crippen LogP contribution in [0.4, 0.5) is 4.79 Å². The third kappa shape index (κ3) is 1.84. The number of hydrogen-bond donors (Lipinski definition) is 0. The van der Waals surface area contributed by atoms with Crippen LogP contribution < -0.4 is 0 Å². The minimum atomic E-state index is -2.84. The minimum Gasteiger partial charge on any atom is -0.448 e. The lowest BCUT2D eigenvalue weighted by Gasteiger charge is -2.28. The van der Waals surface area contributed by atoms with Gasteiger partial charge in [0, 0.05) is 6.04 Å². The molecule has 80 valence electrons. The average molecular weight is 219 g/mol. The molecule has 0 aromatic carbocycles. The third-order valence-corrected chi connectivity index (χ3v) is 4.47. The molecule has 0 aromatic rings. The first-order valence-electron chi connectivity index (χ1n) is 4.72. The summed E-state index contributed by atoms with van der Waals surface area (Å²) in [6, 6.07) is 0.0634. The van der Waals surface area contributed by atoms with Crippen LogP contribution in [0.2, 0.25) is 0 Å². The molecule has 0 radical (unpaired) electrons. The molecule has 2 aliphatic rings. The first kappa shape index (κ1) is 9.76. The topological polar surface area (TPSA) is 63.7 Å². The van der Waals surface area contributed by atoms with Crippen molar-refractivity contribution in [2.24, 2.45) is 0 Å². The zero-order chi connectivity index (χ0) is 10.2. The van der Waals surface area contributed by atoms with Gasteiger partial charge < -0.3 is 9.64 Å². The minimum absolute atomic E-state index is 0.0634. The van der Waals surface area contributed by atoms with E-state index in [-0.39, 0.29) is 23.6 Å². The number of carbonyl (C=O) groups is 1. The van der Waals surface area contributed by atoms with Crippen LogP contribution in [0.5, 0.6) is 0 Å². The summed E-state index contributed by atoms with van der Waals surface area (Å²) in [6.07, 6.45) is 0.809. The first-order valence-corrected chi connectivity index (χ1v) is 6.54. The van der Waals surface area contributed by atoms with Gasteiger partial charge in [0.1, 0.15) is 16.4 Å². The van der Waals surface area contributed by atoms with Crippen molar-refractivity contribution in [1.82, 2.24) is 4.90 Å². The van der Waals surface area contributed by atoms with Gasteiger partial charge in [-0.1, -0.05) is 0 Å². The molecule has 0 saturated carbocycles. The summed E-state index contributed by atoms with van der Waals surface area (Å²) in [5.41, 5.74) is 0. The Morgan fingerprint density at radius 3 is 2.43 bits per heavy atom. The summed E-state index contributed by atoms with van der Waals surface area (Å²) in [6.45, 7) is 1.03. The standard InChI is InChI=1S/C8H13NO4S/c10-8-9(3-4-13-8)7-1-5-14(11,12)6-2-7/h7H,1-6H2. The van der Waals surface area contributed by atoms with Crippen molar-refractivity contribution >= 4 is 15.9 Å². The average Bonchev–Trinajstić information content (AvgIpc) is 2.52. The number of carbonyl (C=O) groups excluding carboxylic acids is 1. The molecule has 2 saturated heterocycles. The molecule has 0 aromatic heterocycles. The van der Waals surface area contributed by atoms with E-state index in [1.807, 2.05) is 0 Å². The second kappa shape index (κ2) is 3.42. The van der Waals surface area contributed by atoms with Crippen molar-refractivity contribution in [3.05, 3.63) is 0 Å². The van der Waals surface area contributed by atoms with Crippen LogP contribution in [0.1, 0.15) is 12.8 Å². The molecule has 2 heterocycles. The van der Waals surface area contributed by atoms with E-state index in [2.05, 4.69) is 0 Å². The second-order valence-corrected chi connectivity index (χ2v) is 5.99. The maximum atomic E-state index is 11.2. The zero-order valence-corrected chi connectivity index (χ0v) is 8.62. The summed E-state index contributed by atoms with van der Waals surface area (Å²) in [5, 5.41) is 0. The Morgan fingerprint density at radius 1 is 1.29 bits per heavy atom. The highest BCUT2D eigenvalue weighted by Gasteiger charge is 2.33.